The highest BCUT2D eigenvalue weighted by Crippen LogP contribution is 2.41. The van der Waals surface area contributed by atoms with Crippen LogP contribution in [0, 0.1) is 0 Å². The summed E-state index contributed by atoms with van der Waals surface area (Å²) in [4.78, 5) is 42.0. The van der Waals surface area contributed by atoms with Crippen LogP contribution >= 0.6 is 19.2 Å². The summed E-state index contributed by atoms with van der Waals surface area (Å²) in [6.45, 7) is 2.99. The molecule has 2 aromatic heterocycles. The minimum absolute atomic E-state index is 0.0317. The van der Waals surface area contributed by atoms with E-state index in [9.17, 15) is 19.6 Å². The van der Waals surface area contributed by atoms with Crippen molar-refractivity contribution in [3.63, 3.8) is 0 Å². The molecule has 0 saturated carbocycles. The molecule has 2 aromatic rings. The molecule has 1 aliphatic rings. The maximum atomic E-state index is 11.6. The molecule has 3 rings (SSSR count). The second-order valence-corrected chi connectivity index (χ2v) is 9.54. The summed E-state index contributed by atoms with van der Waals surface area (Å²) in [5.41, 5.74) is -0.865. The van der Waals surface area contributed by atoms with Crippen molar-refractivity contribution in [2.75, 3.05) is 31.7 Å². The Balaban J connectivity index is 1.58. The molecular weight excluding hydrogens is 485 g/mol. The van der Waals surface area contributed by atoms with Crippen molar-refractivity contribution in [2.24, 2.45) is 0 Å². The van der Waals surface area contributed by atoms with E-state index >= 15 is 0 Å². The zero-order valence-corrected chi connectivity index (χ0v) is 19.4. The van der Waals surface area contributed by atoms with E-state index in [1.54, 1.807) is 0 Å². The SMILES string of the molecule is CCNc1nc(Cl)nc2c1ncn2[C@@H]1O[C@H](COCCOC(=O)C(C)P(=O)(O)O)[C@H](O)[C@H]1O. The Morgan fingerprint density at radius 3 is 2.73 bits per heavy atom. The highest BCUT2D eigenvalue weighted by Gasteiger charge is 2.44. The van der Waals surface area contributed by atoms with Crippen molar-refractivity contribution in [3.05, 3.63) is 11.6 Å². The van der Waals surface area contributed by atoms with E-state index in [0.29, 0.717) is 23.5 Å². The molecule has 0 radical (unpaired) electrons. The number of aliphatic hydroxyl groups excluding tert-OH is 2. The van der Waals surface area contributed by atoms with Crippen LogP contribution in [0.2, 0.25) is 5.28 Å². The first-order chi connectivity index (χ1) is 15.5. The number of nitrogens with zero attached hydrogens (tertiary/aromatic N) is 4. The van der Waals surface area contributed by atoms with Crippen LogP contribution in [0.15, 0.2) is 6.33 Å². The second kappa shape index (κ2) is 10.6. The normalized spacial score (nSPS) is 24.2. The van der Waals surface area contributed by atoms with Crippen LogP contribution < -0.4 is 5.32 Å². The third-order valence-corrected chi connectivity index (χ3v) is 6.34. The molecule has 1 fully saturated rings. The van der Waals surface area contributed by atoms with Gasteiger partial charge in [0.1, 0.15) is 24.9 Å². The Morgan fingerprint density at radius 1 is 1.33 bits per heavy atom. The highest BCUT2D eigenvalue weighted by molar-refractivity contribution is 7.53. The minimum atomic E-state index is -4.58. The van der Waals surface area contributed by atoms with Crippen molar-refractivity contribution >= 4 is 42.1 Å². The van der Waals surface area contributed by atoms with Crippen LogP contribution in [0.3, 0.4) is 0 Å². The van der Waals surface area contributed by atoms with Gasteiger partial charge in [-0.1, -0.05) is 0 Å². The van der Waals surface area contributed by atoms with E-state index in [2.05, 4.69) is 20.3 Å². The quantitative estimate of drug-likeness (QED) is 0.121. The number of fused-ring (bicyclic) bond motifs is 1. The Labute approximate surface area is 193 Å². The molecule has 0 amide bonds. The first-order valence-electron chi connectivity index (χ1n) is 9.99. The van der Waals surface area contributed by atoms with Gasteiger partial charge in [0.05, 0.1) is 19.5 Å². The van der Waals surface area contributed by atoms with E-state index in [-0.39, 0.29) is 25.1 Å². The van der Waals surface area contributed by atoms with Crippen molar-refractivity contribution in [3.8, 4) is 0 Å². The van der Waals surface area contributed by atoms with Gasteiger partial charge in [0.2, 0.25) is 5.28 Å². The lowest BCUT2D eigenvalue weighted by atomic mass is 10.1. The number of ether oxygens (including phenoxy) is 3. The van der Waals surface area contributed by atoms with Crippen molar-refractivity contribution in [1.82, 2.24) is 19.5 Å². The highest BCUT2D eigenvalue weighted by atomic mass is 35.5. The van der Waals surface area contributed by atoms with Gasteiger partial charge in [-0.3, -0.25) is 13.9 Å². The lowest BCUT2D eigenvalue weighted by Gasteiger charge is -2.17. The van der Waals surface area contributed by atoms with Gasteiger partial charge in [-0.25, -0.2) is 4.98 Å². The van der Waals surface area contributed by atoms with Gasteiger partial charge in [-0.15, -0.1) is 0 Å². The summed E-state index contributed by atoms with van der Waals surface area (Å²) >= 11 is 6.00. The summed E-state index contributed by atoms with van der Waals surface area (Å²) in [5, 5.41) is 23.9. The number of carbonyl (C=O) groups excluding carboxylic acids is 1. The molecule has 3 heterocycles. The van der Waals surface area contributed by atoms with Gasteiger partial charge < -0.3 is 39.5 Å². The predicted octanol–water partition coefficient (Wildman–Crippen LogP) is -0.343. The zero-order valence-electron chi connectivity index (χ0n) is 17.7. The van der Waals surface area contributed by atoms with Crippen molar-refractivity contribution in [2.45, 2.75) is 44.0 Å². The number of aromatic nitrogens is 4. The number of esters is 1. The van der Waals surface area contributed by atoms with E-state index in [1.807, 2.05) is 6.92 Å². The summed E-state index contributed by atoms with van der Waals surface area (Å²) in [6.07, 6.45) is -3.18. The third-order valence-electron chi connectivity index (χ3n) is 4.95. The molecule has 5 atom stereocenters. The summed E-state index contributed by atoms with van der Waals surface area (Å²) < 4.78 is 28.3. The molecule has 16 heteroatoms. The van der Waals surface area contributed by atoms with Crippen molar-refractivity contribution < 1.29 is 43.6 Å². The van der Waals surface area contributed by atoms with Gasteiger partial charge >= 0.3 is 13.6 Å². The van der Waals surface area contributed by atoms with Crippen LogP contribution in [0.4, 0.5) is 5.82 Å². The van der Waals surface area contributed by atoms with E-state index < -0.39 is 43.8 Å². The molecule has 0 spiro atoms. The Morgan fingerprint density at radius 2 is 2.06 bits per heavy atom. The van der Waals surface area contributed by atoms with Crippen LogP contribution in [0.1, 0.15) is 20.1 Å². The summed E-state index contributed by atoms with van der Waals surface area (Å²) in [5.74, 6) is -0.633. The largest absolute Gasteiger partial charge is 0.463 e. The monoisotopic (exact) mass is 509 g/mol. The first kappa shape index (κ1) is 25.7. The average Bonchev–Trinajstić information content (AvgIpc) is 3.28. The smallest absolute Gasteiger partial charge is 0.339 e. The summed E-state index contributed by atoms with van der Waals surface area (Å²) in [6, 6.07) is 0. The van der Waals surface area contributed by atoms with Crippen LogP contribution in [0.25, 0.3) is 11.2 Å². The number of aliphatic hydroxyl groups is 2. The predicted molar refractivity (Wildman–Crippen MR) is 114 cm³/mol. The maximum absolute atomic E-state index is 11.6. The van der Waals surface area contributed by atoms with Gasteiger partial charge in [-0.2, -0.15) is 9.97 Å². The molecule has 0 aliphatic carbocycles. The first-order valence-corrected chi connectivity index (χ1v) is 12.1. The van der Waals surface area contributed by atoms with E-state index in [0.717, 1.165) is 6.92 Å². The zero-order chi connectivity index (χ0) is 24.3. The number of imidazole rings is 1. The topological polar surface area (TPSA) is 198 Å². The van der Waals surface area contributed by atoms with Gasteiger partial charge in [0.15, 0.2) is 28.9 Å². The third kappa shape index (κ3) is 5.78. The van der Waals surface area contributed by atoms with E-state index in [1.165, 1.54) is 10.9 Å². The molecule has 1 aliphatic heterocycles. The molecule has 184 valence electrons. The maximum Gasteiger partial charge on any atom is 0.339 e. The molecule has 1 unspecified atom stereocenters. The van der Waals surface area contributed by atoms with Gasteiger partial charge in [0.25, 0.3) is 0 Å². The molecule has 5 N–H and O–H groups in total. The minimum Gasteiger partial charge on any atom is -0.463 e. The number of halogens is 1. The average molecular weight is 510 g/mol. The number of nitrogens with one attached hydrogen (secondary N) is 1. The lowest BCUT2D eigenvalue weighted by Crippen LogP contribution is -2.34. The molecule has 1 saturated heterocycles. The van der Waals surface area contributed by atoms with Crippen molar-refractivity contribution in [1.29, 1.82) is 0 Å². The van der Waals surface area contributed by atoms with Gasteiger partial charge in [0, 0.05) is 6.54 Å². The van der Waals surface area contributed by atoms with E-state index in [4.69, 9.17) is 35.6 Å². The van der Waals surface area contributed by atoms with Crippen LogP contribution in [0.5, 0.6) is 0 Å². The fraction of sp³-hybridized carbons (Fsp3) is 0.647. The number of hydrogen-bond donors (Lipinski definition) is 5. The Kier molecular flexibility index (Phi) is 8.24. The van der Waals surface area contributed by atoms with Crippen LogP contribution in [-0.4, -0.2) is 95.8 Å². The second-order valence-electron chi connectivity index (χ2n) is 7.25. The molecular formula is C17H25ClN5O9P. The fourth-order valence-electron chi connectivity index (χ4n) is 3.12. The standard InChI is InChI=1S/C17H25ClN5O9P/c1-3-19-13-10-14(22-17(18)21-13)23(7-20-10)15-12(25)11(24)9(32-15)6-30-4-5-31-16(26)8(2)33(27,28)29/h7-9,11-12,15,24-25H,3-6H2,1-2H3,(H,19,21,22)(H2,27,28,29)/t8?,9-,11+,12-,15-/m1/s1. The number of carbonyl (C=O) groups is 1. The molecule has 0 bridgehead atoms. The molecule has 14 nitrogen and oxygen atoms in total. The van der Waals surface area contributed by atoms with Gasteiger partial charge in [-0.05, 0) is 25.4 Å². The molecule has 33 heavy (non-hydrogen) atoms. The van der Waals surface area contributed by atoms with Crippen LogP contribution in [-0.2, 0) is 23.6 Å². The fourth-order valence-corrected chi connectivity index (χ4v) is 3.64. The lowest BCUT2D eigenvalue weighted by molar-refractivity contribution is -0.145. The number of rotatable bonds is 10. The molecule has 0 aromatic carbocycles. The Bertz CT molecular complexity index is 1030. The number of anilines is 1. The Hall–Kier alpha value is -1.90. The number of hydrogen-bond acceptors (Lipinski definition) is 11. The summed E-state index contributed by atoms with van der Waals surface area (Å²) in [7, 11) is -4.58.